The maximum atomic E-state index is 12.5. The highest BCUT2D eigenvalue weighted by Crippen LogP contribution is 2.20. The van der Waals surface area contributed by atoms with Crippen molar-refractivity contribution in [3.8, 4) is 0 Å². The maximum absolute atomic E-state index is 12.5. The Labute approximate surface area is 126 Å². The summed E-state index contributed by atoms with van der Waals surface area (Å²) in [5, 5.41) is 4.08. The smallest absolute Gasteiger partial charge is 0.256 e. The molecule has 0 saturated carbocycles. The molecule has 0 saturated heterocycles. The van der Waals surface area contributed by atoms with Crippen LogP contribution in [0.1, 0.15) is 16.1 Å². The van der Waals surface area contributed by atoms with Crippen molar-refractivity contribution in [3.63, 3.8) is 0 Å². The Hall–Kier alpha value is -2.46. The summed E-state index contributed by atoms with van der Waals surface area (Å²) >= 11 is 5.82. The zero-order valence-electron chi connectivity index (χ0n) is 11.3. The monoisotopic (exact) mass is 297 g/mol. The van der Waals surface area contributed by atoms with Crippen LogP contribution in [-0.2, 0) is 0 Å². The van der Waals surface area contributed by atoms with Gasteiger partial charge < -0.3 is 5.32 Å². The fraction of sp³-hybridized carbons (Fsp3) is 0.0625. The first-order valence-electron chi connectivity index (χ1n) is 6.43. The second kappa shape index (κ2) is 5.50. The van der Waals surface area contributed by atoms with Gasteiger partial charge in [0.15, 0.2) is 0 Å². The van der Waals surface area contributed by atoms with Crippen LogP contribution in [0.25, 0.3) is 10.9 Å². The van der Waals surface area contributed by atoms with Crippen LogP contribution in [-0.4, -0.2) is 15.9 Å². The normalized spacial score (nSPS) is 10.6. The first-order valence-corrected chi connectivity index (χ1v) is 6.81. The molecule has 0 unspecified atom stereocenters. The highest BCUT2D eigenvalue weighted by Gasteiger charge is 2.12. The van der Waals surface area contributed by atoms with Gasteiger partial charge in [-0.2, -0.15) is 0 Å². The van der Waals surface area contributed by atoms with E-state index in [4.69, 9.17) is 11.6 Å². The summed E-state index contributed by atoms with van der Waals surface area (Å²) in [4.78, 5) is 20.8. The quantitative estimate of drug-likeness (QED) is 0.731. The van der Waals surface area contributed by atoms with Crippen LogP contribution < -0.4 is 5.32 Å². The Balaban J connectivity index is 1.97. The fourth-order valence-electron chi connectivity index (χ4n) is 2.15. The summed E-state index contributed by atoms with van der Waals surface area (Å²) in [6.45, 7) is 1.80. The fourth-order valence-corrected chi connectivity index (χ4v) is 2.34. The molecule has 4 nitrogen and oxygen atoms in total. The lowest BCUT2D eigenvalue weighted by Crippen LogP contribution is -2.13. The molecular formula is C16H12ClN3O. The summed E-state index contributed by atoms with van der Waals surface area (Å²) in [6, 6.07) is 12.6. The minimum atomic E-state index is -0.194. The van der Waals surface area contributed by atoms with Gasteiger partial charge in [0.25, 0.3) is 5.91 Å². The average Bonchev–Trinajstić information content (AvgIpc) is 2.49. The number of carbonyl (C=O) groups is 1. The summed E-state index contributed by atoms with van der Waals surface area (Å²) in [5.41, 5.74) is 2.69. The predicted octanol–water partition coefficient (Wildman–Crippen LogP) is 3.84. The van der Waals surface area contributed by atoms with Gasteiger partial charge >= 0.3 is 0 Å². The maximum Gasteiger partial charge on any atom is 0.256 e. The lowest BCUT2D eigenvalue weighted by molar-refractivity contribution is 0.102. The van der Waals surface area contributed by atoms with Gasteiger partial charge in [-0.3, -0.25) is 9.78 Å². The van der Waals surface area contributed by atoms with E-state index in [1.54, 1.807) is 31.3 Å². The molecule has 2 heterocycles. The number of pyridine rings is 2. The van der Waals surface area contributed by atoms with E-state index in [2.05, 4.69) is 15.3 Å². The van der Waals surface area contributed by atoms with Crippen molar-refractivity contribution < 1.29 is 4.79 Å². The molecule has 3 aromatic rings. The number of halogens is 1. The van der Waals surface area contributed by atoms with E-state index < -0.39 is 0 Å². The Morgan fingerprint density at radius 2 is 1.95 bits per heavy atom. The number of aryl methyl sites for hydroxylation is 1. The van der Waals surface area contributed by atoms with Gasteiger partial charge in [-0.1, -0.05) is 29.8 Å². The molecule has 21 heavy (non-hydrogen) atoms. The third-order valence-electron chi connectivity index (χ3n) is 3.19. The van der Waals surface area contributed by atoms with E-state index in [0.29, 0.717) is 22.1 Å². The minimum absolute atomic E-state index is 0.194. The van der Waals surface area contributed by atoms with E-state index >= 15 is 0 Å². The first kappa shape index (κ1) is 13.5. The Morgan fingerprint density at radius 1 is 1.14 bits per heavy atom. The lowest BCUT2D eigenvalue weighted by atomic mass is 10.1. The Bertz CT molecular complexity index is 827. The summed E-state index contributed by atoms with van der Waals surface area (Å²) in [6.07, 6.45) is 1.63. The number of rotatable bonds is 2. The molecule has 0 fully saturated rings. The van der Waals surface area contributed by atoms with Gasteiger partial charge in [0.2, 0.25) is 0 Å². The third kappa shape index (κ3) is 2.71. The van der Waals surface area contributed by atoms with Crippen molar-refractivity contribution in [2.45, 2.75) is 6.92 Å². The van der Waals surface area contributed by atoms with Crippen LogP contribution in [0.15, 0.2) is 48.7 Å². The van der Waals surface area contributed by atoms with E-state index in [-0.39, 0.29) is 5.91 Å². The highest BCUT2D eigenvalue weighted by molar-refractivity contribution is 6.29. The molecular weight excluding hydrogens is 286 g/mol. The number of nitrogens with one attached hydrogen (secondary N) is 1. The second-order valence-electron chi connectivity index (χ2n) is 4.60. The van der Waals surface area contributed by atoms with Crippen molar-refractivity contribution in [1.29, 1.82) is 0 Å². The molecule has 1 amide bonds. The largest absolute Gasteiger partial charge is 0.320 e. The molecule has 0 aliphatic heterocycles. The Kier molecular flexibility index (Phi) is 3.54. The number of para-hydroxylation sites is 1. The summed E-state index contributed by atoms with van der Waals surface area (Å²) in [7, 11) is 0. The van der Waals surface area contributed by atoms with Gasteiger partial charge in [0.1, 0.15) is 5.15 Å². The molecule has 104 valence electrons. The second-order valence-corrected chi connectivity index (χ2v) is 4.98. The van der Waals surface area contributed by atoms with Crippen molar-refractivity contribution in [3.05, 3.63) is 65.1 Å². The molecule has 0 bridgehead atoms. The number of fused-ring (bicyclic) bond motifs is 1. The first-order chi connectivity index (χ1) is 10.1. The zero-order valence-corrected chi connectivity index (χ0v) is 12.1. The molecule has 2 aromatic heterocycles. The van der Waals surface area contributed by atoms with E-state index in [1.165, 1.54) is 0 Å². The van der Waals surface area contributed by atoms with Crippen molar-refractivity contribution in [1.82, 2.24) is 9.97 Å². The molecule has 0 aliphatic carbocycles. The molecule has 5 heteroatoms. The number of nitrogens with zero attached hydrogens (tertiary/aromatic N) is 2. The number of benzene rings is 1. The molecule has 0 atom stereocenters. The van der Waals surface area contributed by atoms with Crippen LogP contribution >= 0.6 is 11.6 Å². The number of anilines is 1. The van der Waals surface area contributed by atoms with Crippen LogP contribution in [0.2, 0.25) is 5.15 Å². The predicted molar refractivity (Wildman–Crippen MR) is 83.7 cm³/mol. The van der Waals surface area contributed by atoms with Crippen LogP contribution in [0, 0.1) is 6.92 Å². The van der Waals surface area contributed by atoms with Crippen molar-refractivity contribution in [2.75, 3.05) is 5.32 Å². The number of aromatic nitrogens is 2. The van der Waals surface area contributed by atoms with Crippen LogP contribution in [0.5, 0.6) is 0 Å². The standard InChI is InChI=1S/C16H12ClN3O/c1-10-13(6-7-15(17)19-10)20-16(21)12-8-9-18-14-5-3-2-4-11(12)14/h2-9H,1H3,(H,20,21). The van der Waals surface area contributed by atoms with Crippen molar-refractivity contribution >= 4 is 34.1 Å². The van der Waals surface area contributed by atoms with Gasteiger partial charge in [-0.15, -0.1) is 0 Å². The molecule has 0 spiro atoms. The summed E-state index contributed by atoms with van der Waals surface area (Å²) in [5.74, 6) is -0.194. The van der Waals surface area contributed by atoms with Gasteiger partial charge in [-0.05, 0) is 31.2 Å². The minimum Gasteiger partial charge on any atom is -0.320 e. The molecule has 0 radical (unpaired) electrons. The molecule has 1 N–H and O–H groups in total. The topological polar surface area (TPSA) is 54.9 Å². The number of hydrogen-bond donors (Lipinski definition) is 1. The number of hydrogen-bond acceptors (Lipinski definition) is 3. The van der Waals surface area contributed by atoms with Gasteiger partial charge in [0, 0.05) is 11.6 Å². The van der Waals surface area contributed by atoms with Gasteiger partial charge in [-0.25, -0.2) is 4.98 Å². The summed E-state index contributed by atoms with van der Waals surface area (Å²) < 4.78 is 0. The SMILES string of the molecule is Cc1nc(Cl)ccc1NC(=O)c1ccnc2ccccc12. The van der Waals surface area contributed by atoms with Crippen LogP contribution in [0.3, 0.4) is 0 Å². The molecule has 0 aliphatic rings. The average molecular weight is 298 g/mol. The number of amides is 1. The molecule has 3 rings (SSSR count). The highest BCUT2D eigenvalue weighted by atomic mass is 35.5. The lowest BCUT2D eigenvalue weighted by Gasteiger charge is -2.09. The van der Waals surface area contributed by atoms with Gasteiger partial charge in [0.05, 0.1) is 22.5 Å². The Morgan fingerprint density at radius 3 is 2.76 bits per heavy atom. The van der Waals surface area contributed by atoms with E-state index in [9.17, 15) is 4.79 Å². The van der Waals surface area contributed by atoms with E-state index in [0.717, 1.165) is 10.9 Å². The molecule has 1 aromatic carbocycles. The van der Waals surface area contributed by atoms with Crippen molar-refractivity contribution in [2.24, 2.45) is 0 Å². The number of carbonyl (C=O) groups excluding carboxylic acids is 1. The van der Waals surface area contributed by atoms with E-state index in [1.807, 2.05) is 24.3 Å². The third-order valence-corrected chi connectivity index (χ3v) is 3.40. The zero-order chi connectivity index (χ0) is 14.8. The van der Waals surface area contributed by atoms with Crippen LogP contribution in [0.4, 0.5) is 5.69 Å².